The van der Waals surface area contributed by atoms with E-state index in [-0.39, 0.29) is 11.9 Å². The molecule has 0 bridgehead atoms. The summed E-state index contributed by atoms with van der Waals surface area (Å²) in [5, 5.41) is 6.95. The van der Waals surface area contributed by atoms with Crippen LogP contribution in [-0.2, 0) is 4.79 Å². The zero-order chi connectivity index (χ0) is 17.3. The third-order valence-electron chi connectivity index (χ3n) is 4.14. The van der Waals surface area contributed by atoms with Crippen molar-refractivity contribution in [2.24, 2.45) is 0 Å². The SMILES string of the molecule is Cc1cc(Br)c(NC(=O)CN2CCC[C@@H]2c2cc(C)no2)c(Br)c1. The van der Waals surface area contributed by atoms with Gasteiger partial charge in [0.25, 0.3) is 0 Å². The molecule has 1 atom stereocenters. The summed E-state index contributed by atoms with van der Waals surface area (Å²) in [6.45, 7) is 5.13. The van der Waals surface area contributed by atoms with Gasteiger partial charge in [0.05, 0.1) is 24.0 Å². The number of likely N-dealkylation sites (tertiary alicyclic amines) is 1. The van der Waals surface area contributed by atoms with Gasteiger partial charge in [-0.25, -0.2) is 0 Å². The maximum atomic E-state index is 12.5. The third-order valence-corrected chi connectivity index (χ3v) is 5.39. The topological polar surface area (TPSA) is 58.4 Å². The molecule has 1 N–H and O–H groups in total. The zero-order valence-corrected chi connectivity index (χ0v) is 16.8. The van der Waals surface area contributed by atoms with Crippen LogP contribution in [-0.4, -0.2) is 29.1 Å². The molecule has 1 aromatic heterocycles. The minimum atomic E-state index is -0.0385. The lowest BCUT2D eigenvalue weighted by Crippen LogP contribution is -2.33. The molecule has 0 spiro atoms. The Hall–Kier alpha value is -1.18. The number of carbonyl (C=O) groups is 1. The minimum absolute atomic E-state index is 0.0385. The highest BCUT2D eigenvalue weighted by molar-refractivity contribution is 9.11. The van der Waals surface area contributed by atoms with Gasteiger partial charge in [-0.3, -0.25) is 9.69 Å². The summed E-state index contributed by atoms with van der Waals surface area (Å²) >= 11 is 7.02. The summed E-state index contributed by atoms with van der Waals surface area (Å²) in [6, 6.07) is 6.04. The van der Waals surface area contributed by atoms with E-state index < -0.39 is 0 Å². The predicted molar refractivity (Wildman–Crippen MR) is 100.0 cm³/mol. The van der Waals surface area contributed by atoms with E-state index in [0.29, 0.717) is 6.54 Å². The van der Waals surface area contributed by atoms with Gasteiger partial charge in [0.1, 0.15) is 0 Å². The average Bonchev–Trinajstić information content (AvgIpc) is 3.11. The number of carbonyl (C=O) groups excluding carboxylic acids is 1. The molecule has 2 aromatic rings. The van der Waals surface area contributed by atoms with E-state index in [4.69, 9.17) is 4.52 Å². The number of hydrogen-bond donors (Lipinski definition) is 1. The number of benzene rings is 1. The molecule has 24 heavy (non-hydrogen) atoms. The fourth-order valence-electron chi connectivity index (χ4n) is 3.06. The van der Waals surface area contributed by atoms with E-state index in [1.807, 2.05) is 32.0 Å². The van der Waals surface area contributed by atoms with Gasteiger partial charge in [-0.15, -0.1) is 0 Å². The Bertz CT molecular complexity index is 737. The fraction of sp³-hybridized carbons (Fsp3) is 0.412. The highest BCUT2D eigenvalue weighted by Gasteiger charge is 2.30. The Labute approximate surface area is 158 Å². The van der Waals surface area contributed by atoms with E-state index in [0.717, 1.165) is 51.0 Å². The van der Waals surface area contributed by atoms with E-state index in [9.17, 15) is 4.79 Å². The maximum absolute atomic E-state index is 12.5. The van der Waals surface area contributed by atoms with Gasteiger partial charge in [-0.1, -0.05) is 5.16 Å². The van der Waals surface area contributed by atoms with E-state index in [2.05, 4.69) is 47.2 Å². The van der Waals surface area contributed by atoms with E-state index in [1.165, 1.54) is 0 Å². The first kappa shape index (κ1) is 17.6. The van der Waals surface area contributed by atoms with Crippen molar-refractivity contribution in [3.8, 4) is 0 Å². The lowest BCUT2D eigenvalue weighted by atomic mass is 10.1. The van der Waals surface area contributed by atoms with Crippen LogP contribution in [0.3, 0.4) is 0 Å². The molecule has 1 aliphatic rings. The van der Waals surface area contributed by atoms with E-state index >= 15 is 0 Å². The number of halogens is 2. The number of anilines is 1. The molecule has 0 radical (unpaired) electrons. The predicted octanol–water partition coefficient (Wildman–Crippen LogP) is 4.59. The molecule has 7 heteroatoms. The Morgan fingerprint density at radius 2 is 2.04 bits per heavy atom. The Morgan fingerprint density at radius 1 is 1.33 bits per heavy atom. The number of nitrogens with zero attached hydrogens (tertiary/aromatic N) is 2. The fourth-order valence-corrected chi connectivity index (χ4v) is 4.67. The van der Waals surface area contributed by atoms with Crippen LogP contribution >= 0.6 is 31.9 Å². The normalized spacial score (nSPS) is 18.1. The number of hydrogen-bond acceptors (Lipinski definition) is 4. The number of nitrogens with one attached hydrogen (secondary N) is 1. The standard InChI is InChI=1S/C17H19Br2N3O2/c1-10-6-12(18)17(13(19)7-10)20-16(23)9-22-5-3-4-14(22)15-8-11(2)21-24-15/h6-8,14H,3-5,9H2,1-2H3,(H,20,23)/t14-/m1/s1. The molecule has 1 amide bonds. The molecule has 1 aromatic carbocycles. The smallest absolute Gasteiger partial charge is 0.238 e. The summed E-state index contributed by atoms with van der Waals surface area (Å²) < 4.78 is 7.13. The molecule has 2 heterocycles. The Kier molecular flexibility index (Phi) is 5.42. The first-order chi connectivity index (χ1) is 11.4. The molecule has 0 aliphatic carbocycles. The Balaban J connectivity index is 1.68. The van der Waals surface area contributed by atoms with Crippen LogP contribution in [0.2, 0.25) is 0 Å². The molecule has 1 saturated heterocycles. The van der Waals surface area contributed by atoms with Crippen LogP contribution < -0.4 is 5.32 Å². The van der Waals surface area contributed by atoms with Crippen LogP contribution in [0.15, 0.2) is 31.7 Å². The molecular formula is C17H19Br2N3O2. The summed E-state index contributed by atoms with van der Waals surface area (Å²) in [7, 11) is 0. The quantitative estimate of drug-likeness (QED) is 0.730. The van der Waals surface area contributed by atoms with E-state index in [1.54, 1.807) is 0 Å². The number of aromatic nitrogens is 1. The first-order valence-corrected chi connectivity index (χ1v) is 9.45. The molecule has 5 nitrogen and oxygen atoms in total. The Morgan fingerprint density at radius 3 is 2.67 bits per heavy atom. The lowest BCUT2D eigenvalue weighted by Gasteiger charge is -2.22. The second-order valence-corrected chi connectivity index (χ2v) is 7.86. The van der Waals surface area contributed by atoms with Gasteiger partial charge < -0.3 is 9.84 Å². The van der Waals surface area contributed by atoms with Crippen LogP contribution in [0.5, 0.6) is 0 Å². The van der Waals surface area contributed by atoms with Gasteiger partial charge in [-0.05, 0) is 82.8 Å². The van der Waals surface area contributed by atoms with Gasteiger partial charge in [0.15, 0.2) is 5.76 Å². The summed E-state index contributed by atoms with van der Waals surface area (Å²) in [6.07, 6.45) is 2.04. The molecule has 1 aliphatic heterocycles. The van der Waals surface area contributed by atoms with Gasteiger partial charge >= 0.3 is 0 Å². The highest BCUT2D eigenvalue weighted by Crippen LogP contribution is 2.34. The number of rotatable bonds is 4. The molecule has 1 fully saturated rings. The zero-order valence-electron chi connectivity index (χ0n) is 13.6. The second kappa shape index (κ2) is 7.37. The molecule has 0 unspecified atom stereocenters. The van der Waals surface area contributed by atoms with Crippen molar-refractivity contribution in [1.82, 2.24) is 10.1 Å². The first-order valence-electron chi connectivity index (χ1n) is 7.87. The van der Waals surface area contributed by atoms with Crippen molar-refractivity contribution >= 4 is 43.5 Å². The van der Waals surface area contributed by atoms with Crippen molar-refractivity contribution in [3.05, 3.63) is 44.2 Å². The largest absolute Gasteiger partial charge is 0.359 e. The van der Waals surface area contributed by atoms with Crippen molar-refractivity contribution in [2.75, 3.05) is 18.4 Å². The summed E-state index contributed by atoms with van der Waals surface area (Å²) in [5.74, 6) is 0.805. The van der Waals surface area contributed by atoms with Crippen molar-refractivity contribution in [1.29, 1.82) is 0 Å². The van der Waals surface area contributed by atoms with Crippen LogP contribution in [0.25, 0.3) is 0 Å². The molecular weight excluding hydrogens is 438 g/mol. The monoisotopic (exact) mass is 455 g/mol. The lowest BCUT2D eigenvalue weighted by molar-refractivity contribution is -0.117. The number of amides is 1. The average molecular weight is 457 g/mol. The van der Waals surface area contributed by atoms with Crippen LogP contribution in [0, 0.1) is 13.8 Å². The van der Waals surface area contributed by atoms with Gasteiger partial charge in [0.2, 0.25) is 5.91 Å². The van der Waals surface area contributed by atoms with Crippen LogP contribution in [0.1, 0.15) is 35.9 Å². The molecule has 128 valence electrons. The molecule has 3 rings (SSSR count). The van der Waals surface area contributed by atoms with Crippen molar-refractivity contribution in [3.63, 3.8) is 0 Å². The van der Waals surface area contributed by atoms with Gasteiger partial charge in [0, 0.05) is 15.0 Å². The summed E-state index contributed by atoms with van der Waals surface area (Å²) in [4.78, 5) is 14.6. The number of aryl methyl sites for hydroxylation is 2. The highest BCUT2D eigenvalue weighted by atomic mass is 79.9. The maximum Gasteiger partial charge on any atom is 0.238 e. The van der Waals surface area contributed by atoms with Crippen LogP contribution in [0.4, 0.5) is 5.69 Å². The molecule has 0 saturated carbocycles. The summed E-state index contributed by atoms with van der Waals surface area (Å²) in [5.41, 5.74) is 2.75. The third kappa shape index (κ3) is 3.90. The second-order valence-electron chi connectivity index (χ2n) is 6.15. The minimum Gasteiger partial charge on any atom is -0.359 e. The van der Waals surface area contributed by atoms with Crippen molar-refractivity contribution < 1.29 is 9.32 Å². The van der Waals surface area contributed by atoms with Gasteiger partial charge in [-0.2, -0.15) is 0 Å². The van der Waals surface area contributed by atoms with Crippen molar-refractivity contribution in [2.45, 2.75) is 32.7 Å².